The first kappa shape index (κ1) is 14.5. The van der Waals surface area contributed by atoms with Crippen molar-refractivity contribution in [1.29, 1.82) is 0 Å². The normalized spacial score (nSPS) is 11.8. The van der Waals surface area contributed by atoms with Gasteiger partial charge in [-0.2, -0.15) is 0 Å². The van der Waals surface area contributed by atoms with E-state index in [0.717, 1.165) is 12.8 Å². The van der Waals surface area contributed by atoms with E-state index in [2.05, 4.69) is 15.3 Å². The van der Waals surface area contributed by atoms with Crippen LogP contribution in [0, 0.1) is 5.82 Å². The molecular formula is C14H19FN4O. The summed E-state index contributed by atoms with van der Waals surface area (Å²) in [5.74, 6) is -0.838. The predicted octanol–water partition coefficient (Wildman–Crippen LogP) is 1.95. The van der Waals surface area contributed by atoms with Crippen molar-refractivity contribution in [2.24, 2.45) is 5.73 Å². The second-order valence-corrected chi connectivity index (χ2v) is 5.00. The monoisotopic (exact) mass is 278 g/mol. The minimum Gasteiger partial charge on any atom is -0.350 e. The summed E-state index contributed by atoms with van der Waals surface area (Å²) >= 11 is 0. The second kappa shape index (κ2) is 5.58. The first-order valence-electron chi connectivity index (χ1n) is 6.69. The molecule has 0 atom stereocenters. The molecule has 2 rings (SSSR count). The van der Waals surface area contributed by atoms with Gasteiger partial charge in [-0.15, -0.1) is 0 Å². The maximum Gasteiger partial charge on any atom is 0.253 e. The minimum absolute atomic E-state index is 0.218. The zero-order valence-corrected chi connectivity index (χ0v) is 11.7. The molecule has 0 aliphatic carbocycles. The maximum absolute atomic E-state index is 13.5. The largest absolute Gasteiger partial charge is 0.350 e. The number of nitrogens with two attached hydrogens (primary N) is 1. The molecule has 108 valence electrons. The Morgan fingerprint density at radius 1 is 1.45 bits per heavy atom. The quantitative estimate of drug-likeness (QED) is 0.781. The van der Waals surface area contributed by atoms with Crippen molar-refractivity contribution in [3.05, 3.63) is 29.8 Å². The summed E-state index contributed by atoms with van der Waals surface area (Å²) in [5.41, 5.74) is 6.87. The van der Waals surface area contributed by atoms with Crippen LogP contribution in [-0.2, 0) is 0 Å². The number of aromatic amines is 1. The van der Waals surface area contributed by atoms with Gasteiger partial charge in [0, 0.05) is 12.1 Å². The van der Waals surface area contributed by atoms with Crippen molar-refractivity contribution in [3.63, 3.8) is 0 Å². The number of rotatable bonds is 5. The molecule has 5 nitrogen and oxygen atoms in total. The Labute approximate surface area is 116 Å². The maximum atomic E-state index is 13.5. The van der Waals surface area contributed by atoms with E-state index >= 15 is 0 Å². The van der Waals surface area contributed by atoms with Gasteiger partial charge in [0.05, 0.1) is 17.4 Å². The fraction of sp³-hybridized carbons (Fsp3) is 0.429. The number of amides is 1. The fourth-order valence-corrected chi connectivity index (χ4v) is 2.04. The van der Waals surface area contributed by atoms with Crippen LogP contribution in [0.3, 0.4) is 0 Å². The Kier molecular flexibility index (Phi) is 4.04. The molecule has 20 heavy (non-hydrogen) atoms. The van der Waals surface area contributed by atoms with Crippen molar-refractivity contribution >= 4 is 16.9 Å². The molecule has 4 N–H and O–H groups in total. The van der Waals surface area contributed by atoms with Crippen LogP contribution in [0.2, 0.25) is 0 Å². The molecule has 6 heteroatoms. The van der Waals surface area contributed by atoms with Gasteiger partial charge in [-0.25, -0.2) is 9.37 Å². The summed E-state index contributed by atoms with van der Waals surface area (Å²) in [6.07, 6.45) is 2.95. The third-order valence-electron chi connectivity index (χ3n) is 3.74. The fourth-order valence-electron chi connectivity index (χ4n) is 2.04. The smallest absolute Gasteiger partial charge is 0.253 e. The van der Waals surface area contributed by atoms with Crippen LogP contribution < -0.4 is 11.1 Å². The minimum atomic E-state index is -0.475. The topological polar surface area (TPSA) is 83.8 Å². The average Bonchev–Trinajstić information content (AvgIpc) is 2.91. The van der Waals surface area contributed by atoms with E-state index < -0.39 is 11.4 Å². The van der Waals surface area contributed by atoms with E-state index in [4.69, 9.17) is 5.73 Å². The zero-order valence-electron chi connectivity index (χ0n) is 11.7. The van der Waals surface area contributed by atoms with Crippen LogP contribution in [0.15, 0.2) is 18.5 Å². The van der Waals surface area contributed by atoms with Crippen molar-refractivity contribution in [3.8, 4) is 0 Å². The molecule has 0 fully saturated rings. The molecule has 1 aromatic carbocycles. The lowest BCUT2D eigenvalue weighted by Gasteiger charge is -2.26. The highest BCUT2D eigenvalue weighted by atomic mass is 19.1. The number of benzene rings is 1. The molecule has 0 bridgehead atoms. The van der Waals surface area contributed by atoms with Gasteiger partial charge in [-0.1, -0.05) is 13.8 Å². The number of hydrogen-bond donors (Lipinski definition) is 3. The van der Waals surface area contributed by atoms with E-state index in [-0.39, 0.29) is 11.5 Å². The highest BCUT2D eigenvalue weighted by molar-refractivity contribution is 6.04. The average molecular weight is 278 g/mol. The van der Waals surface area contributed by atoms with Gasteiger partial charge in [0.25, 0.3) is 5.91 Å². The molecule has 1 aromatic heterocycles. The van der Waals surface area contributed by atoms with Gasteiger partial charge in [0.15, 0.2) is 0 Å². The van der Waals surface area contributed by atoms with E-state index in [1.54, 1.807) is 0 Å². The molecule has 1 heterocycles. The van der Waals surface area contributed by atoms with Crippen molar-refractivity contribution < 1.29 is 9.18 Å². The summed E-state index contributed by atoms with van der Waals surface area (Å²) in [6.45, 7) is 4.30. The summed E-state index contributed by atoms with van der Waals surface area (Å²) in [4.78, 5) is 19.0. The number of imidazole rings is 1. The van der Waals surface area contributed by atoms with Gasteiger partial charge >= 0.3 is 0 Å². The number of nitrogens with zero attached hydrogens (tertiary/aromatic N) is 1. The summed E-state index contributed by atoms with van der Waals surface area (Å²) in [7, 11) is 0. The summed E-state index contributed by atoms with van der Waals surface area (Å²) in [6, 6.07) is 2.50. The Hall–Kier alpha value is -1.95. The van der Waals surface area contributed by atoms with Crippen molar-refractivity contribution in [2.75, 3.05) is 6.54 Å². The second-order valence-electron chi connectivity index (χ2n) is 5.00. The van der Waals surface area contributed by atoms with E-state index in [1.165, 1.54) is 18.5 Å². The highest BCUT2D eigenvalue weighted by Crippen LogP contribution is 2.17. The van der Waals surface area contributed by atoms with Crippen LogP contribution in [0.25, 0.3) is 11.0 Å². The highest BCUT2D eigenvalue weighted by Gasteiger charge is 2.22. The molecule has 0 radical (unpaired) electrons. The number of nitrogens with one attached hydrogen (secondary N) is 2. The van der Waals surface area contributed by atoms with Gasteiger partial charge in [0.1, 0.15) is 11.3 Å². The molecule has 0 aliphatic heterocycles. The van der Waals surface area contributed by atoms with Gasteiger partial charge < -0.3 is 16.0 Å². The number of fused-ring (bicyclic) bond motifs is 1. The van der Waals surface area contributed by atoms with Gasteiger partial charge in [0.2, 0.25) is 0 Å². The Bertz CT molecular complexity index is 619. The lowest BCUT2D eigenvalue weighted by molar-refractivity contribution is 0.0943. The van der Waals surface area contributed by atoms with E-state index in [1.807, 2.05) is 13.8 Å². The molecule has 0 saturated heterocycles. The van der Waals surface area contributed by atoms with Gasteiger partial charge in [-0.3, -0.25) is 4.79 Å². The lowest BCUT2D eigenvalue weighted by Crippen LogP contribution is -2.49. The van der Waals surface area contributed by atoms with Gasteiger partial charge in [-0.05, 0) is 25.0 Å². The molecule has 1 amide bonds. The number of H-pyrrole nitrogens is 1. The third kappa shape index (κ3) is 2.80. The number of carbonyl (C=O) groups is 1. The zero-order chi connectivity index (χ0) is 14.8. The number of hydrogen-bond acceptors (Lipinski definition) is 3. The van der Waals surface area contributed by atoms with Crippen molar-refractivity contribution in [1.82, 2.24) is 15.3 Å². The van der Waals surface area contributed by atoms with Crippen LogP contribution in [0.4, 0.5) is 4.39 Å². The standard InChI is InChI=1S/C14H19FN4O/c1-3-14(16,4-2)7-17-13(20)10-5-9(15)6-11-12(10)19-8-18-11/h5-6,8H,3-4,7,16H2,1-2H3,(H,17,20)(H,18,19). The molecular weight excluding hydrogens is 259 g/mol. The Morgan fingerprint density at radius 2 is 2.15 bits per heavy atom. The predicted molar refractivity (Wildman–Crippen MR) is 75.9 cm³/mol. The Balaban J connectivity index is 2.21. The molecule has 2 aromatic rings. The third-order valence-corrected chi connectivity index (χ3v) is 3.74. The SMILES string of the molecule is CCC(N)(CC)CNC(=O)c1cc(F)cc2[nH]cnc12. The number of halogens is 1. The van der Waals surface area contributed by atoms with Crippen molar-refractivity contribution in [2.45, 2.75) is 32.2 Å². The Morgan fingerprint density at radius 3 is 2.80 bits per heavy atom. The van der Waals surface area contributed by atoms with Crippen LogP contribution >= 0.6 is 0 Å². The van der Waals surface area contributed by atoms with Crippen LogP contribution in [0.5, 0.6) is 0 Å². The van der Waals surface area contributed by atoms with E-state index in [0.29, 0.717) is 17.6 Å². The lowest BCUT2D eigenvalue weighted by atomic mass is 9.94. The first-order valence-corrected chi connectivity index (χ1v) is 6.69. The molecule has 0 spiro atoms. The summed E-state index contributed by atoms with van der Waals surface area (Å²) < 4.78 is 13.5. The van der Waals surface area contributed by atoms with Crippen LogP contribution in [-0.4, -0.2) is 28.0 Å². The number of aromatic nitrogens is 2. The first-order chi connectivity index (χ1) is 9.49. The number of carbonyl (C=O) groups excluding carboxylic acids is 1. The van der Waals surface area contributed by atoms with Crippen LogP contribution in [0.1, 0.15) is 37.0 Å². The molecule has 0 aliphatic rings. The molecule has 0 saturated carbocycles. The summed E-state index contributed by atoms with van der Waals surface area (Å²) in [5, 5.41) is 2.77. The van der Waals surface area contributed by atoms with E-state index in [9.17, 15) is 9.18 Å². The molecule has 0 unspecified atom stereocenters.